The van der Waals surface area contributed by atoms with Crippen LogP contribution in [0.2, 0.25) is 0 Å². The Morgan fingerprint density at radius 1 is 1.17 bits per heavy atom. The maximum Gasteiger partial charge on any atom is 0.246 e. The van der Waals surface area contributed by atoms with E-state index in [4.69, 9.17) is 9.47 Å². The molecule has 0 bridgehead atoms. The summed E-state index contributed by atoms with van der Waals surface area (Å²) < 4.78 is 10.1. The van der Waals surface area contributed by atoms with Gasteiger partial charge in [0.25, 0.3) is 0 Å². The van der Waals surface area contributed by atoms with Gasteiger partial charge in [-0.05, 0) is 0 Å². The molecule has 0 aromatic heterocycles. The zero-order valence-electron chi connectivity index (χ0n) is 6.97. The van der Waals surface area contributed by atoms with Gasteiger partial charge in [0.15, 0.2) is 0 Å². The summed E-state index contributed by atoms with van der Waals surface area (Å²) in [6.07, 6.45) is 0. The third kappa shape index (κ3) is 4.27. The normalized spacial score (nSPS) is 22.5. The smallest absolute Gasteiger partial charge is 0.246 e. The molecule has 12 heavy (non-hydrogen) atoms. The van der Waals surface area contributed by atoms with Gasteiger partial charge in [-0.15, -0.1) is 0 Å². The van der Waals surface area contributed by atoms with E-state index in [1.165, 1.54) is 0 Å². The van der Waals surface area contributed by atoms with Crippen LogP contribution in [0.25, 0.3) is 0 Å². The lowest BCUT2D eigenvalue weighted by Crippen LogP contribution is -2.33. The van der Waals surface area contributed by atoms with Gasteiger partial charge in [0.1, 0.15) is 6.61 Å². The average Bonchev–Trinajstić information content (AvgIpc) is 2.11. The van der Waals surface area contributed by atoms with E-state index >= 15 is 0 Å². The molecule has 0 saturated carbocycles. The summed E-state index contributed by atoms with van der Waals surface area (Å²) in [5.41, 5.74) is 0. The average molecular weight is 174 g/mol. The molecule has 2 N–H and O–H groups in total. The molecule has 1 saturated heterocycles. The molecular weight excluding hydrogens is 160 g/mol. The lowest BCUT2D eigenvalue weighted by molar-refractivity contribution is -0.125. The number of carbonyl (C=O) groups excluding carboxylic acids is 1. The van der Waals surface area contributed by atoms with Gasteiger partial charge < -0.3 is 14.8 Å². The fourth-order valence-electron chi connectivity index (χ4n) is 0.841. The zero-order chi connectivity index (χ0) is 8.65. The van der Waals surface area contributed by atoms with Gasteiger partial charge in [-0.25, -0.2) is 0 Å². The first-order valence-corrected chi connectivity index (χ1v) is 4.02. The van der Waals surface area contributed by atoms with Crippen molar-refractivity contribution in [3.63, 3.8) is 0 Å². The fraction of sp³-hybridized carbons (Fsp3) is 0.857. The molecule has 1 fully saturated rings. The largest absolute Gasteiger partial charge is 0.369 e. The van der Waals surface area contributed by atoms with Crippen molar-refractivity contribution in [1.29, 1.82) is 0 Å². The van der Waals surface area contributed by atoms with Gasteiger partial charge in [0.2, 0.25) is 5.91 Å². The molecule has 5 nitrogen and oxygen atoms in total. The van der Waals surface area contributed by atoms with E-state index in [2.05, 4.69) is 10.6 Å². The first-order chi connectivity index (χ1) is 5.89. The zero-order valence-corrected chi connectivity index (χ0v) is 6.97. The number of amides is 1. The van der Waals surface area contributed by atoms with Crippen LogP contribution in [-0.2, 0) is 14.3 Å². The van der Waals surface area contributed by atoms with E-state index in [-0.39, 0.29) is 12.5 Å². The Kier molecular flexibility index (Phi) is 4.67. The number of hydrogen-bond donors (Lipinski definition) is 2. The molecule has 0 aromatic carbocycles. The van der Waals surface area contributed by atoms with Crippen LogP contribution in [0, 0.1) is 0 Å². The second-order valence-electron chi connectivity index (χ2n) is 2.46. The van der Waals surface area contributed by atoms with Crippen molar-refractivity contribution in [1.82, 2.24) is 10.6 Å². The van der Waals surface area contributed by atoms with Crippen LogP contribution < -0.4 is 10.6 Å². The molecule has 1 aliphatic rings. The van der Waals surface area contributed by atoms with Crippen molar-refractivity contribution in [2.75, 3.05) is 39.6 Å². The molecule has 5 heteroatoms. The second-order valence-corrected chi connectivity index (χ2v) is 2.46. The number of rotatable bonds is 0. The lowest BCUT2D eigenvalue weighted by Gasteiger charge is -2.03. The topological polar surface area (TPSA) is 59.6 Å². The highest BCUT2D eigenvalue weighted by atomic mass is 16.5. The van der Waals surface area contributed by atoms with E-state index in [1.807, 2.05) is 0 Å². The van der Waals surface area contributed by atoms with Gasteiger partial charge in [0, 0.05) is 13.1 Å². The minimum Gasteiger partial charge on any atom is -0.369 e. The van der Waals surface area contributed by atoms with Crippen molar-refractivity contribution < 1.29 is 14.3 Å². The predicted molar refractivity (Wildman–Crippen MR) is 42.7 cm³/mol. The number of nitrogens with one attached hydrogen (secondary N) is 2. The number of hydrogen-bond acceptors (Lipinski definition) is 4. The summed E-state index contributed by atoms with van der Waals surface area (Å²) in [7, 11) is 0. The SMILES string of the molecule is O=C1COCCOCNCCN1. The molecule has 1 rings (SSSR count). The Labute approximate surface area is 71.4 Å². The molecule has 0 aliphatic carbocycles. The van der Waals surface area contributed by atoms with Crippen LogP contribution in [0.15, 0.2) is 0 Å². The monoisotopic (exact) mass is 174 g/mol. The second kappa shape index (κ2) is 5.93. The Balaban J connectivity index is 2.17. The van der Waals surface area contributed by atoms with Crippen LogP contribution in [0.5, 0.6) is 0 Å². The molecule has 1 heterocycles. The summed E-state index contributed by atoms with van der Waals surface area (Å²) in [5.74, 6) is -0.0706. The number of ether oxygens (including phenoxy) is 2. The highest BCUT2D eigenvalue weighted by Crippen LogP contribution is 1.79. The van der Waals surface area contributed by atoms with Gasteiger partial charge in [0.05, 0.1) is 19.9 Å². The van der Waals surface area contributed by atoms with Crippen molar-refractivity contribution in [2.45, 2.75) is 0 Å². The summed E-state index contributed by atoms with van der Waals surface area (Å²) in [6, 6.07) is 0. The summed E-state index contributed by atoms with van der Waals surface area (Å²) in [4.78, 5) is 10.9. The van der Waals surface area contributed by atoms with Crippen LogP contribution in [0.3, 0.4) is 0 Å². The molecule has 0 atom stereocenters. The van der Waals surface area contributed by atoms with E-state index < -0.39 is 0 Å². The molecule has 0 radical (unpaired) electrons. The van der Waals surface area contributed by atoms with Crippen molar-refractivity contribution in [2.24, 2.45) is 0 Å². The van der Waals surface area contributed by atoms with E-state index in [1.54, 1.807) is 0 Å². The van der Waals surface area contributed by atoms with Gasteiger partial charge in [-0.1, -0.05) is 0 Å². The fourth-order valence-corrected chi connectivity index (χ4v) is 0.841. The van der Waals surface area contributed by atoms with Crippen molar-refractivity contribution >= 4 is 5.91 Å². The molecule has 0 unspecified atom stereocenters. The Bertz CT molecular complexity index is 127. The standard InChI is InChI=1S/C7H14N2O3/c10-7-5-11-3-4-12-6-8-1-2-9-7/h8H,1-6H2,(H,9,10). The minimum absolute atomic E-state index is 0.0706. The third-order valence-electron chi connectivity index (χ3n) is 1.43. The summed E-state index contributed by atoms with van der Waals surface area (Å²) in [6.45, 7) is 2.98. The summed E-state index contributed by atoms with van der Waals surface area (Å²) >= 11 is 0. The maximum atomic E-state index is 10.9. The Hall–Kier alpha value is -0.650. The maximum absolute atomic E-state index is 10.9. The Morgan fingerprint density at radius 3 is 2.92 bits per heavy atom. The number of carbonyl (C=O) groups is 1. The molecule has 1 amide bonds. The molecular formula is C7H14N2O3. The third-order valence-corrected chi connectivity index (χ3v) is 1.43. The Morgan fingerprint density at radius 2 is 2.00 bits per heavy atom. The molecule has 0 aromatic rings. The van der Waals surface area contributed by atoms with Crippen LogP contribution >= 0.6 is 0 Å². The van der Waals surface area contributed by atoms with E-state index in [0.717, 1.165) is 6.54 Å². The quantitative estimate of drug-likeness (QED) is 0.479. The van der Waals surface area contributed by atoms with Crippen molar-refractivity contribution in [3.8, 4) is 0 Å². The molecule has 70 valence electrons. The first-order valence-electron chi connectivity index (χ1n) is 4.02. The van der Waals surface area contributed by atoms with E-state index in [0.29, 0.717) is 26.5 Å². The first kappa shape index (κ1) is 9.44. The van der Waals surface area contributed by atoms with Gasteiger partial charge in [-0.3, -0.25) is 10.1 Å². The van der Waals surface area contributed by atoms with Crippen molar-refractivity contribution in [3.05, 3.63) is 0 Å². The molecule has 1 aliphatic heterocycles. The van der Waals surface area contributed by atoms with Crippen LogP contribution in [0.1, 0.15) is 0 Å². The molecule has 0 spiro atoms. The van der Waals surface area contributed by atoms with E-state index in [9.17, 15) is 4.79 Å². The van der Waals surface area contributed by atoms with Gasteiger partial charge in [-0.2, -0.15) is 0 Å². The minimum atomic E-state index is -0.0706. The van der Waals surface area contributed by atoms with Crippen LogP contribution in [-0.4, -0.2) is 45.5 Å². The lowest BCUT2D eigenvalue weighted by atomic mass is 10.5. The predicted octanol–water partition coefficient (Wildman–Crippen LogP) is -1.30. The van der Waals surface area contributed by atoms with Gasteiger partial charge >= 0.3 is 0 Å². The summed E-state index contributed by atoms with van der Waals surface area (Å²) in [5, 5.41) is 5.71. The highest BCUT2D eigenvalue weighted by molar-refractivity contribution is 5.77. The highest BCUT2D eigenvalue weighted by Gasteiger charge is 2.01. The van der Waals surface area contributed by atoms with Crippen LogP contribution in [0.4, 0.5) is 0 Å².